The Labute approximate surface area is 128 Å². The first-order valence-electron chi connectivity index (χ1n) is 7.49. The number of nitrogens with one attached hydrogen (secondary N) is 1. The second-order valence-corrected chi connectivity index (χ2v) is 6.56. The van der Waals surface area contributed by atoms with Crippen LogP contribution in [0.15, 0.2) is 30.6 Å². The molecule has 0 unspecified atom stereocenters. The van der Waals surface area contributed by atoms with Crippen molar-refractivity contribution in [1.82, 2.24) is 14.6 Å². The molecule has 0 saturated carbocycles. The molecule has 5 rings (SSSR count). The van der Waals surface area contributed by atoms with Gasteiger partial charge in [0.15, 0.2) is 0 Å². The largest absolute Gasteiger partial charge is 0.348 e. The summed E-state index contributed by atoms with van der Waals surface area (Å²) in [6.07, 6.45) is 6.08. The molecule has 5 heterocycles. The second-order valence-electron chi connectivity index (χ2n) is 6.13. The summed E-state index contributed by atoms with van der Waals surface area (Å²) in [4.78, 5) is 14.9. The van der Waals surface area contributed by atoms with Crippen LogP contribution in [0.4, 0.5) is 0 Å². The van der Waals surface area contributed by atoms with Gasteiger partial charge in [-0.2, -0.15) is 0 Å². The summed E-state index contributed by atoms with van der Waals surface area (Å²) in [6.45, 7) is 3.36. The Kier molecular flexibility index (Phi) is 3.16. The van der Waals surface area contributed by atoms with Gasteiger partial charge in [0.25, 0.3) is 5.91 Å². The third kappa shape index (κ3) is 2.43. The topological polar surface area (TPSA) is 36.8 Å². The monoisotopic (exact) mass is 303 g/mol. The summed E-state index contributed by atoms with van der Waals surface area (Å²) in [5.74, 6) is 0.657. The minimum Gasteiger partial charge on any atom is -0.348 e. The van der Waals surface area contributed by atoms with E-state index in [0.717, 1.165) is 12.1 Å². The minimum absolute atomic E-state index is 0.0143. The van der Waals surface area contributed by atoms with Gasteiger partial charge in [-0.05, 0) is 50.0 Å². The molecule has 3 fully saturated rings. The maximum atomic E-state index is 12.5. The Morgan fingerprint density at radius 1 is 1.24 bits per heavy atom. The maximum Gasteiger partial charge on any atom is 0.253 e. The number of fused-ring (bicyclic) bond motifs is 4. The number of pyridine rings is 1. The fourth-order valence-electron chi connectivity index (χ4n) is 3.59. The molecule has 1 amide bonds. The van der Waals surface area contributed by atoms with Crippen LogP contribution in [0, 0.1) is 5.92 Å². The number of piperidine rings is 3. The SMILES string of the molecule is O=C(N[C@H]1CN2CCC1CC2)c1ccc2cc(Cl)cn2c1. The predicted octanol–water partition coefficient (Wildman–Crippen LogP) is 2.42. The quantitative estimate of drug-likeness (QED) is 0.925. The van der Waals surface area contributed by atoms with Crippen LogP contribution >= 0.6 is 11.6 Å². The molecule has 3 saturated heterocycles. The van der Waals surface area contributed by atoms with E-state index in [1.165, 1.54) is 25.9 Å². The lowest BCUT2D eigenvalue weighted by Crippen LogP contribution is -2.57. The molecular weight excluding hydrogens is 286 g/mol. The van der Waals surface area contributed by atoms with E-state index < -0.39 is 0 Å². The highest BCUT2D eigenvalue weighted by molar-refractivity contribution is 6.31. The van der Waals surface area contributed by atoms with Gasteiger partial charge in [0.2, 0.25) is 0 Å². The molecule has 3 aliphatic heterocycles. The van der Waals surface area contributed by atoms with E-state index in [1.807, 2.05) is 35.0 Å². The zero-order chi connectivity index (χ0) is 14.4. The lowest BCUT2D eigenvalue weighted by atomic mass is 9.84. The first kappa shape index (κ1) is 13.2. The number of rotatable bonds is 2. The fraction of sp³-hybridized carbons (Fsp3) is 0.438. The van der Waals surface area contributed by atoms with E-state index in [-0.39, 0.29) is 5.91 Å². The summed E-state index contributed by atoms with van der Waals surface area (Å²) in [5, 5.41) is 3.90. The van der Waals surface area contributed by atoms with Crippen molar-refractivity contribution in [2.45, 2.75) is 18.9 Å². The van der Waals surface area contributed by atoms with Crippen LogP contribution in [0.2, 0.25) is 5.02 Å². The smallest absolute Gasteiger partial charge is 0.253 e. The van der Waals surface area contributed by atoms with Crippen molar-refractivity contribution < 1.29 is 4.79 Å². The highest BCUT2D eigenvalue weighted by Crippen LogP contribution is 2.27. The van der Waals surface area contributed by atoms with Gasteiger partial charge in [-0.15, -0.1) is 0 Å². The van der Waals surface area contributed by atoms with Gasteiger partial charge in [-0.1, -0.05) is 11.6 Å². The van der Waals surface area contributed by atoms with E-state index in [9.17, 15) is 4.79 Å². The average molecular weight is 304 g/mol. The molecule has 0 aromatic carbocycles. The Balaban J connectivity index is 1.53. The molecule has 21 heavy (non-hydrogen) atoms. The van der Waals surface area contributed by atoms with Gasteiger partial charge < -0.3 is 14.6 Å². The number of carbonyl (C=O) groups excluding carboxylic acids is 1. The Morgan fingerprint density at radius 3 is 2.76 bits per heavy atom. The van der Waals surface area contributed by atoms with E-state index in [2.05, 4.69) is 10.2 Å². The van der Waals surface area contributed by atoms with Gasteiger partial charge >= 0.3 is 0 Å². The molecule has 2 aromatic heterocycles. The lowest BCUT2D eigenvalue weighted by molar-refractivity contribution is 0.0620. The van der Waals surface area contributed by atoms with E-state index in [0.29, 0.717) is 22.5 Å². The number of hydrogen-bond donors (Lipinski definition) is 1. The predicted molar refractivity (Wildman–Crippen MR) is 82.8 cm³/mol. The van der Waals surface area contributed by atoms with Crippen LogP contribution in [0.3, 0.4) is 0 Å². The first-order valence-corrected chi connectivity index (χ1v) is 7.87. The number of aromatic nitrogens is 1. The Morgan fingerprint density at radius 2 is 2.05 bits per heavy atom. The summed E-state index contributed by atoms with van der Waals surface area (Å²) in [7, 11) is 0. The Hall–Kier alpha value is -1.52. The van der Waals surface area contributed by atoms with Crippen LogP contribution in [0.25, 0.3) is 5.52 Å². The lowest BCUT2D eigenvalue weighted by Gasteiger charge is -2.44. The van der Waals surface area contributed by atoms with Crippen molar-refractivity contribution in [3.8, 4) is 0 Å². The number of hydrogen-bond acceptors (Lipinski definition) is 2. The molecule has 3 aliphatic rings. The van der Waals surface area contributed by atoms with Gasteiger partial charge in [0.05, 0.1) is 10.6 Å². The van der Waals surface area contributed by atoms with Gasteiger partial charge in [-0.25, -0.2) is 0 Å². The fourth-order valence-corrected chi connectivity index (χ4v) is 3.81. The molecule has 1 atom stereocenters. The molecule has 110 valence electrons. The molecule has 0 radical (unpaired) electrons. The van der Waals surface area contributed by atoms with Crippen LogP contribution < -0.4 is 5.32 Å². The van der Waals surface area contributed by atoms with Crippen molar-refractivity contribution in [2.75, 3.05) is 19.6 Å². The standard InChI is InChI=1S/C16H18ClN3O/c17-13-7-14-2-1-12(8-20(14)9-13)16(21)18-15-10-19-5-3-11(15)4-6-19/h1-2,7-9,11,15H,3-6,10H2,(H,18,21)/t15-/m0/s1. The van der Waals surface area contributed by atoms with Crippen LogP contribution in [-0.2, 0) is 0 Å². The van der Waals surface area contributed by atoms with E-state index in [1.54, 1.807) is 0 Å². The van der Waals surface area contributed by atoms with Crippen molar-refractivity contribution in [2.24, 2.45) is 5.92 Å². The van der Waals surface area contributed by atoms with Crippen molar-refractivity contribution in [3.63, 3.8) is 0 Å². The number of carbonyl (C=O) groups is 1. The third-order valence-corrected chi connectivity index (χ3v) is 5.00. The summed E-state index contributed by atoms with van der Waals surface area (Å²) in [6, 6.07) is 5.97. The highest BCUT2D eigenvalue weighted by Gasteiger charge is 2.34. The van der Waals surface area contributed by atoms with E-state index in [4.69, 9.17) is 11.6 Å². The van der Waals surface area contributed by atoms with Crippen molar-refractivity contribution in [3.05, 3.63) is 41.2 Å². The molecule has 5 heteroatoms. The average Bonchev–Trinajstić information content (AvgIpc) is 2.87. The molecule has 0 spiro atoms. The molecular formula is C16H18ClN3O. The highest BCUT2D eigenvalue weighted by atomic mass is 35.5. The molecule has 1 N–H and O–H groups in total. The zero-order valence-corrected chi connectivity index (χ0v) is 12.5. The maximum absolute atomic E-state index is 12.5. The molecule has 0 aliphatic carbocycles. The number of nitrogens with zero attached hydrogens (tertiary/aromatic N) is 2. The summed E-state index contributed by atoms with van der Waals surface area (Å²) >= 11 is 5.99. The Bertz CT molecular complexity index is 688. The number of amides is 1. The van der Waals surface area contributed by atoms with Gasteiger partial charge in [0.1, 0.15) is 0 Å². The van der Waals surface area contributed by atoms with Crippen molar-refractivity contribution in [1.29, 1.82) is 0 Å². The van der Waals surface area contributed by atoms with Gasteiger partial charge in [-0.3, -0.25) is 4.79 Å². The first-order chi connectivity index (χ1) is 10.2. The van der Waals surface area contributed by atoms with Crippen molar-refractivity contribution >= 4 is 23.0 Å². The third-order valence-electron chi connectivity index (χ3n) is 4.79. The van der Waals surface area contributed by atoms with Crippen LogP contribution in [0.1, 0.15) is 23.2 Å². The second kappa shape index (κ2) is 5.04. The number of halogens is 1. The zero-order valence-electron chi connectivity index (χ0n) is 11.8. The molecule has 4 nitrogen and oxygen atoms in total. The van der Waals surface area contributed by atoms with Gasteiger partial charge in [0, 0.05) is 30.5 Å². The summed E-state index contributed by atoms with van der Waals surface area (Å²) < 4.78 is 1.90. The van der Waals surface area contributed by atoms with E-state index >= 15 is 0 Å². The normalized spacial score (nSPS) is 28.0. The minimum atomic E-state index is 0.0143. The molecule has 2 aromatic rings. The summed E-state index contributed by atoms with van der Waals surface area (Å²) in [5.41, 5.74) is 1.69. The molecule has 2 bridgehead atoms. The van der Waals surface area contributed by atoms with Crippen LogP contribution in [-0.4, -0.2) is 40.9 Å². The van der Waals surface area contributed by atoms with Crippen LogP contribution in [0.5, 0.6) is 0 Å².